The third-order valence-corrected chi connectivity index (χ3v) is 2.32. The van der Waals surface area contributed by atoms with Crippen LogP contribution in [0.3, 0.4) is 0 Å². The summed E-state index contributed by atoms with van der Waals surface area (Å²) in [5.41, 5.74) is 1.53. The van der Waals surface area contributed by atoms with Crippen LogP contribution < -0.4 is 10.6 Å². The number of halogens is 1. The molecule has 0 spiro atoms. The van der Waals surface area contributed by atoms with Crippen LogP contribution in [-0.2, 0) is 0 Å². The Balaban J connectivity index is 1.98. The average Bonchev–Trinajstić information content (AvgIpc) is 2.32. The lowest BCUT2D eigenvalue weighted by molar-refractivity contribution is 0.262. The van der Waals surface area contributed by atoms with Crippen LogP contribution in [0, 0.1) is 6.92 Å². The summed E-state index contributed by atoms with van der Waals surface area (Å²) in [7, 11) is 0. The number of hydrogen-bond acceptors (Lipinski definition) is 3. The molecule has 0 saturated carbocycles. The van der Waals surface area contributed by atoms with Gasteiger partial charge in [-0.15, -0.1) is 0 Å². The van der Waals surface area contributed by atoms with Crippen molar-refractivity contribution in [3.63, 3.8) is 0 Å². The topological polar surface area (TPSA) is 66.9 Å². The number of carbonyl (C=O) groups is 1. The van der Waals surface area contributed by atoms with Gasteiger partial charge in [0.15, 0.2) is 0 Å². The largest absolute Gasteiger partial charge is 0.326 e. The molecule has 18 heavy (non-hydrogen) atoms. The lowest BCUT2D eigenvalue weighted by atomic mass is 10.3. The summed E-state index contributed by atoms with van der Waals surface area (Å²) in [5, 5.41) is 5.71. The number of nitrogens with one attached hydrogen (secondary N) is 2. The van der Waals surface area contributed by atoms with Crippen molar-refractivity contribution in [2.75, 3.05) is 10.6 Å². The van der Waals surface area contributed by atoms with Crippen molar-refractivity contribution < 1.29 is 4.79 Å². The smallest absolute Gasteiger partial charge is 0.308 e. The van der Waals surface area contributed by atoms with E-state index in [0.29, 0.717) is 10.7 Å². The molecule has 2 amide bonds. The number of urea groups is 1. The second-order valence-electron chi connectivity index (χ2n) is 3.67. The van der Waals surface area contributed by atoms with E-state index in [2.05, 4.69) is 20.6 Å². The van der Waals surface area contributed by atoms with Gasteiger partial charge in [-0.3, -0.25) is 5.32 Å². The third-order valence-electron chi connectivity index (χ3n) is 2.09. The summed E-state index contributed by atoms with van der Waals surface area (Å²) in [6, 6.07) is 6.45. The zero-order valence-electron chi connectivity index (χ0n) is 9.64. The first-order valence-electron chi connectivity index (χ1n) is 5.26. The summed E-state index contributed by atoms with van der Waals surface area (Å²) in [4.78, 5) is 19.6. The van der Waals surface area contributed by atoms with Crippen molar-refractivity contribution in [3.05, 3.63) is 47.2 Å². The van der Waals surface area contributed by atoms with Gasteiger partial charge in [-0.25, -0.2) is 14.8 Å². The van der Waals surface area contributed by atoms with Crippen molar-refractivity contribution in [1.29, 1.82) is 0 Å². The molecule has 0 aliphatic rings. The fourth-order valence-corrected chi connectivity index (χ4v) is 1.48. The van der Waals surface area contributed by atoms with Crippen LogP contribution >= 0.6 is 11.6 Å². The number of amides is 2. The van der Waals surface area contributed by atoms with E-state index in [0.717, 1.165) is 5.56 Å². The highest BCUT2D eigenvalue weighted by molar-refractivity contribution is 6.30. The van der Waals surface area contributed by atoms with Crippen LogP contribution in [0.1, 0.15) is 5.56 Å². The number of carbonyl (C=O) groups excluding carboxylic acids is 1. The molecule has 1 heterocycles. The summed E-state index contributed by atoms with van der Waals surface area (Å²) < 4.78 is 0. The Morgan fingerprint density at radius 1 is 1.22 bits per heavy atom. The van der Waals surface area contributed by atoms with E-state index in [1.807, 2.05) is 6.92 Å². The minimum Gasteiger partial charge on any atom is -0.308 e. The van der Waals surface area contributed by atoms with E-state index in [-0.39, 0.29) is 5.95 Å². The molecular weight excluding hydrogens is 252 g/mol. The van der Waals surface area contributed by atoms with Crippen LogP contribution in [-0.4, -0.2) is 16.0 Å². The van der Waals surface area contributed by atoms with Crippen molar-refractivity contribution in [2.24, 2.45) is 0 Å². The lowest BCUT2D eigenvalue weighted by Crippen LogP contribution is -2.20. The molecule has 2 rings (SSSR count). The van der Waals surface area contributed by atoms with Gasteiger partial charge in [0, 0.05) is 23.1 Å². The first-order valence-corrected chi connectivity index (χ1v) is 5.63. The maximum absolute atomic E-state index is 11.6. The predicted octanol–water partition coefficient (Wildman–Crippen LogP) is 3.08. The minimum absolute atomic E-state index is 0.250. The quantitative estimate of drug-likeness (QED) is 0.874. The molecule has 6 heteroatoms. The Bertz CT molecular complexity index is 556. The molecule has 1 aromatic carbocycles. The standard InChI is InChI=1S/C12H11ClN4O/c1-8-6-14-11(15-7-8)17-12(18)16-10-4-2-3-9(13)5-10/h2-7H,1H3,(H2,14,15,16,17,18). The Hall–Kier alpha value is -2.14. The Morgan fingerprint density at radius 3 is 2.61 bits per heavy atom. The minimum atomic E-state index is -0.416. The van der Waals surface area contributed by atoms with Gasteiger partial charge in [0.25, 0.3) is 0 Å². The van der Waals surface area contributed by atoms with Gasteiger partial charge in [-0.05, 0) is 30.7 Å². The van der Waals surface area contributed by atoms with E-state index < -0.39 is 6.03 Å². The molecule has 0 fully saturated rings. The highest BCUT2D eigenvalue weighted by Gasteiger charge is 2.04. The normalized spacial score (nSPS) is 9.89. The summed E-state index contributed by atoms with van der Waals surface area (Å²) in [6.07, 6.45) is 3.25. The Kier molecular flexibility index (Phi) is 3.74. The molecule has 0 saturated heterocycles. The number of aryl methyl sites for hydroxylation is 1. The molecule has 5 nitrogen and oxygen atoms in total. The molecule has 0 radical (unpaired) electrons. The second-order valence-corrected chi connectivity index (χ2v) is 4.11. The first-order chi connectivity index (χ1) is 8.63. The maximum atomic E-state index is 11.6. The van der Waals surface area contributed by atoms with Gasteiger partial charge < -0.3 is 5.32 Å². The van der Waals surface area contributed by atoms with Crippen LogP contribution in [0.25, 0.3) is 0 Å². The summed E-state index contributed by atoms with van der Waals surface area (Å²) >= 11 is 5.81. The highest BCUT2D eigenvalue weighted by Crippen LogP contribution is 2.14. The monoisotopic (exact) mass is 262 g/mol. The maximum Gasteiger partial charge on any atom is 0.326 e. The Labute approximate surface area is 109 Å². The highest BCUT2D eigenvalue weighted by atomic mass is 35.5. The van der Waals surface area contributed by atoms with Crippen LogP contribution in [0.5, 0.6) is 0 Å². The fourth-order valence-electron chi connectivity index (χ4n) is 1.29. The third kappa shape index (κ3) is 3.43. The number of benzene rings is 1. The second kappa shape index (κ2) is 5.46. The van der Waals surface area contributed by atoms with Crippen molar-refractivity contribution >= 4 is 29.3 Å². The van der Waals surface area contributed by atoms with Crippen LogP contribution in [0.2, 0.25) is 5.02 Å². The molecule has 2 aromatic rings. The molecule has 0 aliphatic heterocycles. The molecule has 0 atom stereocenters. The van der Waals surface area contributed by atoms with E-state index in [1.165, 1.54) is 0 Å². The lowest BCUT2D eigenvalue weighted by Gasteiger charge is -2.06. The summed E-state index contributed by atoms with van der Waals surface area (Å²) in [5.74, 6) is 0.250. The van der Waals surface area contributed by atoms with E-state index in [4.69, 9.17) is 11.6 Å². The predicted molar refractivity (Wildman–Crippen MR) is 70.9 cm³/mol. The number of rotatable bonds is 2. The molecule has 92 valence electrons. The zero-order chi connectivity index (χ0) is 13.0. The van der Waals surface area contributed by atoms with Gasteiger partial charge >= 0.3 is 6.03 Å². The van der Waals surface area contributed by atoms with Gasteiger partial charge in [-0.2, -0.15) is 0 Å². The SMILES string of the molecule is Cc1cnc(NC(=O)Nc2cccc(Cl)c2)nc1. The molecule has 0 bridgehead atoms. The number of nitrogens with zero attached hydrogens (tertiary/aromatic N) is 2. The molecule has 2 N–H and O–H groups in total. The van der Waals surface area contributed by atoms with Crippen molar-refractivity contribution in [3.8, 4) is 0 Å². The zero-order valence-corrected chi connectivity index (χ0v) is 10.4. The fraction of sp³-hybridized carbons (Fsp3) is 0.0833. The van der Waals surface area contributed by atoms with E-state index in [1.54, 1.807) is 36.7 Å². The van der Waals surface area contributed by atoms with Gasteiger partial charge in [0.1, 0.15) is 0 Å². The van der Waals surface area contributed by atoms with Crippen LogP contribution in [0.4, 0.5) is 16.4 Å². The molecule has 0 aliphatic carbocycles. The number of aromatic nitrogens is 2. The van der Waals surface area contributed by atoms with Crippen molar-refractivity contribution in [2.45, 2.75) is 6.92 Å². The van der Waals surface area contributed by atoms with E-state index >= 15 is 0 Å². The van der Waals surface area contributed by atoms with E-state index in [9.17, 15) is 4.79 Å². The van der Waals surface area contributed by atoms with Crippen LogP contribution in [0.15, 0.2) is 36.7 Å². The Morgan fingerprint density at radius 2 is 1.94 bits per heavy atom. The number of anilines is 2. The molecule has 1 aromatic heterocycles. The van der Waals surface area contributed by atoms with Gasteiger partial charge in [-0.1, -0.05) is 17.7 Å². The molecule has 0 unspecified atom stereocenters. The summed E-state index contributed by atoms with van der Waals surface area (Å²) in [6.45, 7) is 1.87. The van der Waals surface area contributed by atoms with Crippen molar-refractivity contribution in [1.82, 2.24) is 9.97 Å². The number of hydrogen-bond donors (Lipinski definition) is 2. The first kappa shape index (κ1) is 12.3. The van der Waals surface area contributed by atoms with Gasteiger partial charge in [0.2, 0.25) is 5.95 Å². The molecular formula is C12H11ClN4O. The van der Waals surface area contributed by atoms with Gasteiger partial charge in [0.05, 0.1) is 0 Å². The average molecular weight is 263 g/mol.